The molecular formula is C9H11ClN2O. The van der Waals surface area contributed by atoms with Crippen molar-refractivity contribution in [2.45, 2.75) is 13.2 Å². The van der Waals surface area contributed by atoms with Crippen molar-refractivity contribution in [3.63, 3.8) is 0 Å². The number of halogens is 1. The van der Waals surface area contributed by atoms with Gasteiger partial charge in [-0.05, 0) is 23.3 Å². The zero-order valence-electron chi connectivity index (χ0n) is 7.38. The van der Waals surface area contributed by atoms with E-state index < -0.39 is 0 Å². The Hall–Kier alpha value is -0.770. The molecule has 0 aromatic heterocycles. The van der Waals surface area contributed by atoms with Crippen LogP contribution >= 0.6 is 11.6 Å². The fourth-order valence-electron chi connectivity index (χ4n) is 1.43. The summed E-state index contributed by atoms with van der Waals surface area (Å²) in [6, 6.07) is 3.79. The van der Waals surface area contributed by atoms with Crippen molar-refractivity contribution in [2.24, 2.45) is 0 Å². The highest BCUT2D eigenvalue weighted by Crippen LogP contribution is 2.27. The number of hydrogen-bond donors (Lipinski definition) is 1. The van der Waals surface area contributed by atoms with E-state index in [4.69, 9.17) is 22.2 Å². The van der Waals surface area contributed by atoms with E-state index in [0.717, 1.165) is 12.1 Å². The number of hydroxylamine groups is 2. The lowest BCUT2D eigenvalue weighted by molar-refractivity contribution is -0.168. The third kappa shape index (κ3) is 1.63. The number of nitrogens with two attached hydrogens (primary N) is 1. The van der Waals surface area contributed by atoms with Crippen LogP contribution in [0, 0.1) is 0 Å². The summed E-state index contributed by atoms with van der Waals surface area (Å²) in [5.74, 6) is 0. The van der Waals surface area contributed by atoms with E-state index in [-0.39, 0.29) is 0 Å². The van der Waals surface area contributed by atoms with Crippen LogP contribution < -0.4 is 5.73 Å². The molecule has 0 bridgehead atoms. The average molecular weight is 199 g/mol. The van der Waals surface area contributed by atoms with E-state index in [0.29, 0.717) is 17.3 Å². The van der Waals surface area contributed by atoms with Gasteiger partial charge in [0.1, 0.15) is 0 Å². The molecule has 1 aromatic carbocycles. The smallest absolute Gasteiger partial charge is 0.0939 e. The minimum atomic E-state index is 0.577. The van der Waals surface area contributed by atoms with Gasteiger partial charge in [0.2, 0.25) is 0 Å². The topological polar surface area (TPSA) is 38.5 Å². The van der Waals surface area contributed by atoms with Crippen molar-refractivity contribution in [3.05, 3.63) is 28.3 Å². The number of rotatable bonds is 0. The van der Waals surface area contributed by atoms with Crippen molar-refractivity contribution in [2.75, 3.05) is 12.8 Å². The fourth-order valence-corrected chi connectivity index (χ4v) is 1.61. The molecule has 0 fully saturated rings. The fraction of sp³-hybridized carbons (Fsp3) is 0.333. The number of hydrogen-bond acceptors (Lipinski definition) is 3. The quantitative estimate of drug-likeness (QED) is 0.647. The zero-order chi connectivity index (χ0) is 9.42. The first-order valence-corrected chi connectivity index (χ1v) is 4.45. The van der Waals surface area contributed by atoms with Crippen molar-refractivity contribution in [3.8, 4) is 0 Å². The van der Waals surface area contributed by atoms with E-state index in [1.165, 1.54) is 5.56 Å². The van der Waals surface area contributed by atoms with Gasteiger partial charge in [-0.2, -0.15) is 5.06 Å². The largest absolute Gasteiger partial charge is 0.398 e. The van der Waals surface area contributed by atoms with Gasteiger partial charge in [-0.3, -0.25) is 4.84 Å². The van der Waals surface area contributed by atoms with Crippen LogP contribution in [0.4, 0.5) is 5.69 Å². The second-order valence-electron chi connectivity index (χ2n) is 3.20. The molecule has 3 nitrogen and oxygen atoms in total. The summed E-state index contributed by atoms with van der Waals surface area (Å²) in [5, 5.41) is 2.41. The second-order valence-corrected chi connectivity index (χ2v) is 3.61. The summed E-state index contributed by atoms with van der Waals surface area (Å²) in [7, 11) is 1.90. The van der Waals surface area contributed by atoms with Gasteiger partial charge in [-0.1, -0.05) is 11.6 Å². The lowest BCUT2D eigenvalue weighted by Crippen LogP contribution is -2.24. The Balaban J connectivity index is 2.43. The number of anilines is 1. The summed E-state index contributed by atoms with van der Waals surface area (Å²) in [4.78, 5) is 5.33. The normalized spacial score (nSPS) is 17.1. The maximum atomic E-state index is 5.91. The summed E-state index contributed by atoms with van der Waals surface area (Å²) >= 11 is 5.91. The van der Waals surface area contributed by atoms with Crippen LogP contribution in [0.15, 0.2) is 12.1 Å². The number of benzene rings is 1. The van der Waals surface area contributed by atoms with Crippen LogP contribution in [0.1, 0.15) is 11.1 Å². The lowest BCUT2D eigenvalue weighted by Gasteiger charge is -2.25. The Morgan fingerprint density at radius 1 is 1.46 bits per heavy atom. The van der Waals surface area contributed by atoms with Gasteiger partial charge in [0, 0.05) is 13.6 Å². The standard InChI is InChI=1S/C9H11ClN2O/c1-12-4-6-2-8(10)9(11)3-7(6)5-13-12/h2-3H,4-5,11H2,1H3. The summed E-state index contributed by atoms with van der Waals surface area (Å²) in [6.07, 6.45) is 0. The third-order valence-corrected chi connectivity index (χ3v) is 2.48. The van der Waals surface area contributed by atoms with E-state index in [1.54, 1.807) is 5.06 Å². The van der Waals surface area contributed by atoms with Gasteiger partial charge in [-0.15, -0.1) is 0 Å². The molecule has 2 N–H and O–H groups in total. The monoisotopic (exact) mass is 198 g/mol. The number of nitrogens with zero attached hydrogens (tertiary/aromatic N) is 1. The van der Waals surface area contributed by atoms with Gasteiger partial charge < -0.3 is 5.73 Å². The van der Waals surface area contributed by atoms with Crippen molar-refractivity contribution in [1.82, 2.24) is 5.06 Å². The molecule has 2 rings (SSSR count). The van der Waals surface area contributed by atoms with Crippen LogP contribution in [0.5, 0.6) is 0 Å². The van der Waals surface area contributed by atoms with Crippen molar-refractivity contribution >= 4 is 17.3 Å². The maximum absolute atomic E-state index is 5.91. The molecule has 1 aliphatic rings. The Morgan fingerprint density at radius 3 is 3.00 bits per heavy atom. The molecule has 13 heavy (non-hydrogen) atoms. The zero-order valence-corrected chi connectivity index (χ0v) is 8.14. The lowest BCUT2D eigenvalue weighted by atomic mass is 10.1. The first-order valence-electron chi connectivity index (χ1n) is 4.07. The van der Waals surface area contributed by atoms with Gasteiger partial charge in [0.25, 0.3) is 0 Å². The Labute approximate surface area is 82.0 Å². The number of nitrogen functional groups attached to an aromatic ring is 1. The molecular weight excluding hydrogens is 188 g/mol. The molecule has 70 valence electrons. The molecule has 1 aromatic rings. The minimum Gasteiger partial charge on any atom is -0.398 e. The predicted molar refractivity (Wildman–Crippen MR) is 52.1 cm³/mol. The molecule has 0 saturated heterocycles. The van der Waals surface area contributed by atoms with Gasteiger partial charge >= 0.3 is 0 Å². The Kier molecular flexibility index (Phi) is 2.15. The molecule has 1 heterocycles. The molecule has 1 aliphatic heterocycles. The highest BCUT2D eigenvalue weighted by molar-refractivity contribution is 6.33. The number of fused-ring (bicyclic) bond motifs is 1. The predicted octanol–water partition coefficient (Wildman–Crippen LogP) is 1.80. The van der Waals surface area contributed by atoms with Gasteiger partial charge in [0.05, 0.1) is 17.3 Å². The van der Waals surface area contributed by atoms with Crippen molar-refractivity contribution < 1.29 is 4.84 Å². The second kappa shape index (κ2) is 3.18. The average Bonchev–Trinajstić information content (AvgIpc) is 2.08. The molecule has 0 spiro atoms. The third-order valence-electron chi connectivity index (χ3n) is 2.15. The van der Waals surface area contributed by atoms with E-state index in [2.05, 4.69) is 0 Å². The summed E-state index contributed by atoms with van der Waals surface area (Å²) < 4.78 is 0. The molecule has 0 radical (unpaired) electrons. The molecule has 0 atom stereocenters. The van der Waals surface area contributed by atoms with Crippen LogP contribution in [-0.4, -0.2) is 12.1 Å². The summed E-state index contributed by atoms with van der Waals surface area (Å²) in [5.41, 5.74) is 8.61. The van der Waals surface area contributed by atoms with E-state index in [9.17, 15) is 0 Å². The van der Waals surface area contributed by atoms with Crippen molar-refractivity contribution in [1.29, 1.82) is 0 Å². The highest BCUT2D eigenvalue weighted by atomic mass is 35.5. The maximum Gasteiger partial charge on any atom is 0.0939 e. The molecule has 0 aliphatic carbocycles. The first-order chi connectivity index (χ1) is 6.16. The first kappa shape index (κ1) is 8.81. The molecule has 0 saturated carbocycles. The minimum absolute atomic E-state index is 0.577. The SMILES string of the molecule is CN1Cc2cc(Cl)c(N)cc2CO1. The van der Waals surface area contributed by atoms with Crippen LogP contribution in [0.2, 0.25) is 5.02 Å². The van der Waals surface area contributed by atoms with E-state index in [1.807, 2.05) is 19.2 Å². The van der Waals surface area contributed by atoms with Crippen LogP contribution in [-0.2, 0) is 18.0 Å². The molecule has 0 amide bonds. The Morgan fingerprint density at radius 2 is 2.23 bits per heavy atom. The van der Waals surface area contributed by atoms with E-state index >= 15 is 0 Å². The van der Waals surface area contributed by atoms with Crippen LogP contribution in [0.25, 0.3) is 0 Å². The highest BCUT2D eigenvalue weighted by Gasteiger charge is 2.15. The Bertz CT molecular complexity index is 341. The van der Waals surface area contributed by atoms with Gasteiger partial charge in [0.15, 0.2) is 0 Å². The van der Waals surface area contributed by atoms with Crippen LogP contribution in [0.3, 0.4) is 0 Å². The summed E-state index contributed by atoms with van der Waals surface area (Å²) in [6.45, 7) is 1.34. The molecule has 4 heteroatoms. The van der Waals surface area contributed by atoms with Gasteiger partial charge in [-0.25, -0.2) is 0 Å². The molecule has 0 unspecified atom stereocenters.